The maximum atomic E-state index is 13.0. The van der Waals surface area contributed by atoms with E-state index in [0.29, 0.717) is 4.31 Å². The van der Waals surface area contributed by atoms with Crippen molar-refractivity contribution in [1.82, 2.24) is 4.31 Å². The molecule has 7 heteroatoms. The summed E-state index contributed by atoms with van der Waals surface area (Å²) in [6.45, 7) is -0.312. The Morgan fingerprint density at radius 1 is 1.38 bits per heavy atom. The van der Waals surface area contributed by atoms with E-state index in [1.165, 1.54) is 18.2 Å². The number of likely N-dealkylation sites (N-methyl/N-ethyl adjacent to an activating group) is 1. The molecule has 0 aromatic heterocycles. The van der Waals surface area contributed by atoms with Crippen LogP contribution in [0.25, 0.3) is 0 Å². The zero-order valence-corrected chi connectivity index (χ0v) is 9.38. The van der Waals surface area contributed by atoms with Crippen molar-refractivity contribution in [2.45, 2.75) is 0 Å². The molecule has 0 N–H and O–H groups in total. The Labute approximate surface area is 92.8 Å². The molecule has 4 nitrogen and oxygen atoms in total. The van der Waals surface area contributed by atoms with Gasteiger partial charge in [0.2, 0.25) is 0 Å². The summed E-state index contributed by atoms with van der Waals surface area (Å²) < 4.78 is 51.5. The van der Waals surface area contributed by atoms with Crippen LogP contribution in [0.15, 0.2) is 24.3 Å². The van der Waals surface area contributed by atoms with Gasteiger partial charge >= 0.3 is 10.4 Å². The van der Waals surface area contributed by atoms with Crippen LogP contribution in [0.1, 0.15) is 0 Å². The fourth-order valence-electron chi connectivity index (χ4n) is 0.955. The molecule has 0 aliphatic heterocycles. The Kier molecular flexibility index (Phi) is 4.19. The van der Waals surface area contributed by atoms with Gasteiger partial charge in [-0.3, -0.25) is 0 Å². The van der Waals surface area contributed by atoms with Gasteiger partial charge in [0.05, 0.1) is 0 Å². The molecule has 16 heavy (non-hydrogen) atoms. The van der Waals surface area contributed by atoms with Gasteiger partial charge in [-0.25, -0.2) is 4.39 Å². The summed E-state index contributed by atoms with van der Waals surface area (Å²) in [5, 5.41) is 0. The van der Waals surface area contributed by atoms with E-state index in [-0.39, 0.29) is 18.9 Å². The lowest BCUT2D eigenvalue weighted by Gasteiger charge is -2.12. The van der Waals surface area contributed by atoms with Crippen molar-refractivity contribution in [2.24, 2.45) is 0 Å². The van der Waals surface area contributed by atoms with E-state index in [1.807, 2.05) is 0 Å². The van der Waals surface area contributed by atoms with Gasteiger partial charge in [0.15, 0.2) is 11.6 Å². The zero-order chi connectivity index (χ0) is 12.2. The number of hydrogen-bond donors (Lipinski definition) is 0. The third-order valence-electron chi connectivity index (χ3n) is 1.87. The summed E-state index contributed by atoms with van der Waals surface area (Å²) in [4.78, 5) is 0. The smallest absolute Gasteiger partial charge is 0.374 e. The molecule has 1 rings (SSSR count). The molecule has 0 aliphatic rings. The molecular formula is C9H11F2NO3S. The monoisotopic (exact) mass is 251 g/mol. The molecule has 1 aromatic rings. The number of benzene rings is 1. The molecular weight excluding hydrogens is 240 g/mol. The lowest BCUT2D eigenvalue weighted by molar-refractivity contribution is 0.271. The van der Waals surface area contributed by atoms with Crippen LogP contribution >= 0.6 is 0 Å². The highest BCUT2D eigenvalue weighted by Gasteiger charge is 2.15. The quantitative estimate of drug-likeness (QED) is 0.742. The Morgan fingerprint density at radius 2 is 2.00 bits per heavy atom. The second kappa shape index (κ2) is 5.22. The molecule has 0 unspecified atom stereocenters. The fourth-order valence-corrected chi connectivity index (χ4v) is 1.25. The average Bonchev–Trinajstić information content (AvgIpc) is 2.19. The van der Waals surface area contributed by atoms with Gasteiger partial charge in [0.1, 0.15) is 6.61 Å². The first-order valence-electron chi connectivity index (χ1n) is 4.44. The van der Waals surface area contributed by atoms with Crippen molar-refractivity contribution < 1.29 is 21.4 Å². The van der Waals surface area contributed by atoms with Crippen molar-refractivity contribution in [3.8, 4) is 5.75 Å². The zero-order valence-electron chi connectivity index (χ0n) is 8.56. The third kappa shape index (κ3) is 3.74. The van der Waals surface area contributed by atoms with E-state index < -0.39 is 16.2 Å². The third-order valence-corrected chi connectivity index (χ3v) is 2.80. The normalized spacial score (nSPS) is 11.8. The van der Waals surface area contributed by atoms with Crippen LogP contribution in [0, 0.1) is 5.82 Å². The van der Waals surface area contributed by atoms with Crippen molar-refractivity contribution in [3.05, 3.63) is 30.1 Å². The molecule has 0 spiro atoms. The highest BCUT2D eigenvalue weighted by atomic mass is 32.3. The van der Waals surface area contributed by atoms with Gasteiger partial charge in [-0.1, -0.05) is 16.0 Å². The van der Waals surface area contributed by atoms with Gasteiger partial charge in [-0.05, 0) is 12.1 Å². The summed E-state index contributed by atoms with van der Waals surface area (Å²) in [5.74, 6) is -0.541. The minimum absolute atomic E-state index is 0.00663. The lowest BCUT2D eigenvalue weighted by atomic mass is 10.3. The Hall–Kier alpha value is -1.21. The van der Waals surface area contributed by atoms with Gasteiger partial charge in [0.25, 0.3) is 0 Å². The fraction of sp³-hybridized carbons (Fsp3) is 0.333. The molecule has 0 fully saturated rings. The van der Waals surface area contributed by atoms with Crippen molar-refractivity contribution >= 4 is 10.4 Å². The highest BCUT2D eigenvalue weighted by molar-refractivity contribution is 7.83. The minimum Gasteiger partial charge on any atom is -0.489 e. The molecule has 0 radical (unpaired) electrons. The number of halogens is 2. The Morgan fingerprint density at radius 3 is 2.56 bits per heavy atom. The van der Waals surface area contributed by atoms with Crippen LogP contribution < -0.4 is 4.74 Å². The first-order chi connectivity index (χ1) is 7.41. The molecule has 0 amide bonds. The molecule has 0 atom stereocenters. The standard InChI is InChI=1S/C9H11F2NO3S/c1-12(16(11,13)14)6-7-15-9-5-3-2-4-8(9)10/h2-5H,6-7H2,1H3. The van der Waals surface area contributed by atoms with Crippen LogP contribution in [0.3, 0.4) is 0 Å². The van der Waals surface area contributed by atoms with Crippen molar-refractivity contribution in [1.29, 1.82) is 0 Å². The van der Waals surface area contributed by atoms with Gasteiger partial charge in [0, 0.05) is 13.6 Å². The summed E-state index contributed by atoms with van der Waals surface area (Å²) in [7, 11) is -3.64. The summed E-state index contributed by atoms with van der Waals surface area (Å²) >= 11 is 0. The summed E-state index contributed by atoms with van der Waals surface area (Å²) in [6, 6.07) is 5.69. The van der Waals surface area contributed by atoms with Crippen LogP contribution in [-0.2, 0) is 10.4 Å². The van der Waals surface area contributed by atoms with E-state index in [4.69, 9.17) is 4.74 Å². The molecule has 0 bridgehead atoms. The van der Waals surface area contributed by atoms with Gasteiger partial charge in [-0.15, -0.1) is 0 Å². The minimum atomic E-state index is -4.71. The molecule has 0 aliphatic carbocycles. The molecule has 0 saturated carbocycles. The first kappa shape index (κ1) is 12.9. The predicted molar refractivity (Wildman–Crippen MR) is 54.6 cm³/mol. The number of nitrogens with zero attached hydrogens (tertiary/aromatic N) is 1. The van der Waals surface area contributed by atoms with E-state index in [0.717, 1.165) is 7.05 Å². The second-order valence-corrected chi connectivity index (χ2v) is 4.49. The lowest BCUT2D eigenvalue weighted by Crippen LogP contribution is -2.27. The maximum Gasteiger partial charge on any atom is 0.374 e. The average molecular weight is 251 g/mol. The first-order valence-corrected chi connectivity index (χ1v) is 5.78. The van der Waals surface area contributed by atoms with E-state index >= 15 is 0 Å². The highest BCUT2D eigenvalue weighted by Crippen LogP contribution is 2.15. The van der Waals surface area contributed by atoms with Crippen LogP contribution in [0.2, 0.25) is 0 Å². The SMILES string of the molecule is CN(CCOc1ccccc1F)S(=O)(=O)F. The number of hydrogen-bond acceptors (Lipinski definition) is 3. The number of rotatable bonds is 5. The van der Waals surface area contributed by atoms with Gasteiger partial charge in [-0.2, -0.15) is 12.7 Å². The predicted octanol–water partition coefficient (Wildman–Crippen LogP) is 1.35. The molecule has 0 heterocycles. The van der Waals surface area contributed by atoms with Crippen LogP contribution in [0.4, 0.5) is 8.28 Å². The Balaban J connectivity index is 2.46. The maximum absolute atomic E-state index is 13.0. The summed E-state index contributed by atoms with van der Waals surface area (Å²) in [6.07, 6.45) is 0. The van der Waals surface area contributed by atoms with Crippen molar-refractivity contribution in [3.63, 3.8) is 0 Å². The van der Waals surface area contributed by atoms with Gasteiger partial charge < -0.3 is 4.74 Å². The second-order valence-electron chi connectivity index (χ2n) is 3.04. The van der Waals surface area contributed by atoms with E-state index in [1.54, 1.807) is 6.07 Å². The topological polar surface area (TPSA) is 46.6 Å². The number of ether oxygens (including phenoxy) is 1. The summed E-state index contributed by atoms with van der Waals surface area (Å²) in [5.41, 5.74) is 0. The van der Waals surface area contributed by atoms with Crippen LogP contribution in [0.5, 0.6) is 5.75 Å². The van der Waals surface area contributed by atoms with E-state index in [9.17, 15) is 16.7 Å². The molecule has 90 valence electrons. The largest absolute Gasteiger partial charge is 0.489 e. The van der Waals surface area contributed by atoms with Crippen LogP contribution in [-0.4, -0.2) is 32.9 Å². The molecule has 1 aromatic carbocycles. The molecule has 0 saturated heterocycles. The Bertz CT molecular complexity index is 450. The number of para-hydroxylation sites is 1. The van der Waals surface area contributed by atoms with Crippen molar-refractivity contribution in [2.75, 3.05) is 20.2 Å². The van der Waals surface area contributed by atoms with E-state index in [2.05, 4.69) is 0 Å².